The molecule has 0 radical (unpaired) electrons. The largest absolute Gasteiger partial charge is 0.294 e. The van der Waals surface area contributed by atoms with Gasteiger partial charge in [-0.25, -0.2) is 0 Å². The van der Waals surface area contributed by atoms with E-state index in [2.05, 4.69) is 31.2 Å². The molecule has 0 aromatic heterocycles. The summed E-state index contributed by atoms with van der Waals surface area (Å²) in [7, 11) is 0. The van der Waals surface area contributed by atoms with Crippen molar-refractivity contribution >= 4 is 5.78 Å². The zero-order valence-corrected chi connectivity index (χ0v) is 13.0. The molecule has 1 aromatic carbocycles. The van der Waals surface area contributed by atoms with Crippen LogP contribution >= 0.6 is 0 Å². The van der Waals surface area contributed by atoms with E-state index in [-0.39, 0.29) is 5.41 Å². The number of carbonyl (C=O) groups is 1. The van der Waals surface area contributed by atoms with Crippen molar-refractivity contribution in [2.45, 2.75) is 58.3 Å². The van der Waals surface area contributed by atoms with Gasteiger partial charge in [0.25, 0.3) is 0 Å². The fourth-order valence-electron chi connectivity index (χ4n) is 4.95. The second-order valence-electron chi connectivity index (χ2n) is 7.36. The summed E-state index contributed by atoms with van der Waals surface area (Å²) < 4.78 is 0. The van der Waals surface area contributed by atoms with Crippen LogP contribution in [0.4, 0.5) is 0 Å². The predicted octanol–water partition coefficient (Wildman–Crippen LogP) is 4.88. The number of benzene rings is 1. The second kappa shape index (κ2) is 4.83. The molecule has 1 spiro atoms. The van der Waals surface area contributed by atoms with Crippen molar-refractivity contribution in [2.24, 2.45) is 11.3 Å². The Morgan fingerprint density at radius 1 is 1.24 bits per heavy atom. The zero-order valence-electron chi connectivity index (χ0n) is 13.0. The molecule has 2 bridgehead atoms. The fourth-order valence-corrected chi connectivity index (χ4v) is 4.95. The van der Waals surface area contributed by atoms with Gasteiger partial charge in [-0.05, 0) is 61.0 Å². The first kappa shape index (κ1) is 13.3. The Morgan fingerprint density at radius 2 is 2.14 bits per heavy atom. The summed E-state index contributed by atoms with van der Waals surface area (Å²) in [6.45, 7) is 2.24. The van der Waals surface area contributed by atoms with Crippen LogP contribution in [-0.4, -0.2) is 5.78 Å². The van der Waals surface area contributed by atoms with Crippen LogP contribution < -0.4 is 0 Å². The molecule has 0 saturated heterocycles. The summed E-state index contributed by atoms with van der Waals surface area (Å²) >= 11 is 0. The van der Waals surface area contributed by atoms with E-state index in [1.54, 1.807) is 5.57 Å². The maximum absolute atomic E-state index is 12.7. The highest BCUT2D eigenvalue weighted by molar-refractivity contribution is 5.99. The minimum Gasteiger partial charge on any atom is -0.294 e. The maximum Gasteiger partial charge on any atom is 0.163 e. The van der Waals surface area contributed by atoms with Crippen LogP contribution in [0.15, 0.2) is 29.8 Å². The lowest BCUT2D eigenvalue weighted by Crippen LogP contribution is -2.36. The van der Waals surface area contributed by atoms with E-state index >= 15 is 0 Å². The quantitative estimate of drug-likeness (QED) is 0.721. The van der Waals surface area contributed by atoms with E-state index in [0.29, 0.717) is 5.78 Å². The van der Waals surface area contributed by atoms with Crippen molar-refractivity contribution in [2.75, 3.05) is 0 Å². The van der Waals surface area contributed by atoms with Gasteiger partial charge in [-0.15, -0.1) is 0 Å². The number of Topliss-reactive ketones (excluding diaryl/α,β-unsaturated/α-hetero) is 1. The molecule has 4 rings (SSSR count). The summed E-state index contributed by atoms with van der Waals surface area (Å²) in [5, 5.41) is 0. The summed E-state index contributed by atoms with van der Waals surface area (Å²) in [6, 6.07) is 6.41. The number of ketones is 1. The SMILES string of the molecule is CCCCc1cccc2c1CC1(CC2=O)CC2=CCC1C2. The highest BCUT2D eigenvalue weighted by Crippen LogP contribution is 2.58. The Hall–Kier alpha value is -1.37. The molecule has 1 fully saturated rings. The van der Waals surface area contributed by atoms with Gasteiger partial charge in [0.2, 0.25) is 0 Å². The zero-order chi connectivity index (χ0) is 14.4. The number of allylic oxidation sites excluding steroid dienone is 2. The Morgan fingerprint density at radius 3 is 2.86 bits per heavy atom. The van der Waals surface area contributed by atoms with Gasteiger partial charge in [0, 0.05) is 12.0 Å². The minimum absolute atomic E-state index is 0.274. The molecule has 2 atom stereocenters. The van der Waals surface area contributed by atoms with Crippen LogP contribution in [0.25, 0.3) is 0 Å². The molecule has 0 N–H and O–H groups in total. The predicted molar refractivity (Wildman–Crippen MR) is 85.6 cm³/mol. The number of rotatable bonds is 3. The Kier molecular flexibility index (Phi) is 3.06. The Labute approximate surface area is 127 Å². The fraction of sp³-hybridized carbons (Fsp3) is 0.550. The first-order chi connectivity index (χ1) is 10.2. The number of carbonyl (C=O) groups excluding carboxylic acids is 1. The van der Waals surface area contributed by atoms with Gasteiger partial charge in [-0.2, -0.15) is 0 Å². The van der Waals surface area contributed by atoms with Crippen molar-refractivity contribution in [1.29, 1.82) is 0 Å². The Bertz CT molecular complexity index is 625. The van der Waals surface area contributed by atoms with Gasteiger partial charge in [0.15, 0.2) is 5.78 Å². The first-order valence-corrected chi connectivity index (χ1v) is 8.54. The van der Waals surface area contributed by atoms with Crippen LogP contribution in [0.2, 0.25) is 0 Å². The normalized spacial score (nSPS) is 29.9. The van der Waals surface area contributed by atoms with E-state index in [4.69, 9.17) is 0 Å². The topological polar surface area (TPSA) is 17.1 Å². The minimum atomic E-state index is 0.274. The molecule has 1 aromatic rings. The van der Waals surface area contributed by atoms with Crippen LogP contribution in [0, 0.1) is 11.3 Å². The molecule has 3 aliphatic rings. The van der Waals surface area contributed by atoms with Crippen molar-refractivity contribution in [1.82, 2.24) is 0 Å². The lowest BCUT2D eigenvalue weighted by molar-refractivity contribution is 0.0823. The number of hydrogen-bond acceptors (Lipinski definition) is 1. The Balaban J connectivity index is 1.73. The third-order valence-electron chi connectivity index (χ3n) is 6.06. The van der Waals surface area contributed by atoms with Crippen LogP contribution in [0.3, 0.4) is 0 Å². The highest BCUT2D eigenvalue weighted by atomic mass is 16.1. The standard InChI is InChI=1S/C20H24O/c1-2-3-5-15-6-4-7-17-18(15)12-20(13-19(17)21)11-14-8-9-16(20)10-14/h4,6-8,16H,2-3,5,9-13H2,1H3. The second-order valence-corrected chi connectivity index (χ2v) is 7.36. The van der Waals surface area contributed by atoms with Gasteiger partial charge in [-0.3, -0.25) is 4.79 Å². The van der Waals surface area contributed by atoms with Crippen molar-refractivity contribution < 1.29 is 4.79 Å². The van der Waals surface area contributed by atoms with E-state index in [1.807, 2.05) is 0 Å². The lowest BCUT2D eigenvalue weighted by atomic mass is 9.63. The molecule has 1 nitrogen and oxygen atoms in total. The molecule has 1 saturated carbocycles. The van der Waals surface area contributed by atoms with E-state index in [0.717, 1.165) is 30.7 Å². The van der Waals surface area contributed by atoms with Crippen LogP contribution in [0.5, 0.6) is 0 Å². The molecular formula is C20H24O. The summed E-state index contributed by atoms with van der Waals surface area (Å²) in [5.41, 5.74) is 5.78. The van der Waals surface area contributed by atoms with Crippen LogP contribution in [-0.2, 0) is 12.8 Å². The molecule has 1 heteroatoms. The molecule has 0 aliphatic heterocycles. The number of unbranched alkanes of at least 4 members (excludes halogenated alkanes) is 1. The number of hydrogen-bond donors (Lipinski definition) is 0. The van der Waals surface area contributed by atoms with E-state index < -0.39 is 0 Å². The average Bonchev–Trinajstić information content (AvgIpc) is 3.06. The monoisotopic (exact) mass is 280 g/mol. The van der Waals surface area contributed by atoms with Crippen molar-refractivity contribution in [3.8, 4) is 0 Å². The summed E-state index contributed by atoms with van der Waals surface area (Å²) in [4.78, 5) is 12.7. The third-order valence-corrected chi connectivity index (χ3v) is 6.06. The van der Waals surface area contributed by atoms with Gasteiger partial charge >= 0.3 is 0 Å². The van der Waals surface area contributed by atoms with Crippen molar-refractivity contribution in [3.05, 3.63) is 46.5 Å². The molecular weight excluding hydrogens is 256 g/mol. The third kappa shape index (κ3) is 2.01. The van der Waals surface area contributed by atoms with E-state index in [9.17, 15) is 4.79 Å². The van der Waals surface area contributed by atoms with Gasteiger partial charge in [0.1, 0.15) is 0 Å². The molecule has 3 aliphatic carbocycles. The molecule has 110 valence electrons. The van der Waals surface area contributed by atoms with Crippen LogP contribution in [0.1, 0.15) is 66.9 Å². The summed E-state index contributed by atoms with van der Waals surface area (Å²) in [5.74, 6) is 1.14. The number of aryl methyl sites for hydroxylation is 1. The molecule has 0 amide bonds. The van der Waals surface area contributed by atoms with Gasteiger partial charge < -0.3 is 0 Å². The van der Waals surface area contributed by atoms with Gasteiger partial charge in [-0.1, -0.05) is 43.2 Å². The smallest absolute Gasteiger partial charge is 0.163 e. The summed E-state index contributed by atoms with van der Waals surface area (Å²) in [6.07, 6.45) is 11.6. The lowest BCUT2D eigenvalue weighted by Gasteiger charge is -2.40. The maximum atomic E-state index is 12.7. The first-order valence-electron chi connectivity index (χ1n) is 8.54. The van der Waals surface area contributed by atoms with E-state index in [1.165, 1.54) is 43.2 Å². The molecule has 0 heterocycles. The average molecular weight is 280 g/mol. The van der Waals surface area contributed by atoms with Gasteiger partial charge in [0.05, 0.1) is 0 Å². The molecule has 2 unspecified atom stereocenters. The highest BCUT2D eigenvalue weighted by Gasteiger charge is 2.50. The molecule has 21 heavy (non-hydrogen) atoms. The number of fused-ring (bicyclic) bond motifs is 4. The van der Waals surface area contributed by atoms with Crippen molar-refractivity contribution in [3.63, 3.8) is 0 Å².